The Balaban J connectivity index is 0.948. The van der Waals surface area contributed by atoms with Crippen molar-refractivity contribution in [2.75, 3.05) is 44.2 Å². The van der Waals surface area contributed by atoms with Gasteiger partial charge in [0.25, 0.3) is 0 Å². The van der Waals surface area contributed by atoms with Gasteiger partial charge >= 0.3 is 0 Å². The molecule has 1 aromatic heterocycles. The van der Waals surface area contributed by atoms with Crippen LogP contribution in [0.3, 0.4) is 0 Å². The van der Waals surface area contributed by atoms with E-state index in [0.29, 0.717) is 24.9 Å². The van der Waals surface area contributed by atoms with E-state index in [4.69, 9.17) is 0 Å². The number of carbonyl (C=O) groups is 1. The van der Waals surface area contributed by atoms with Crippen LogP contribution in [0.1, 0.15) is 12.8 Å². The number of hydrogen-bond acceptors (Lipinski definition) is 5. The van der Waals surface area contributed by atoms with Crippen LogP contribution in [-0.2, 0) is 4.79 Å². The molecule has 2 N–H and O–H groups in total. The summed E-state index contributed by atoms with van der Waals surface area (Å²) in [5.41, 5.74) is -0.613. The first-order valence-electron chi connectivity index (χ1n) is 11.5. The van der Waals surface area contributed by atoms with E-state index in [-0.39, 0.29) is 5.91 Å². The molecule has 1 aromatic rings. The second kappa shape index (κ2) is 5.73. The molecule has 9 atom stereocenters. The number of nitrogens with zero attached hydrogens (tertiary/aromatic N) is 3. The number of piperazine rings is 1. The lowest BCUT2D eigenvalue weighted by Crippen LogP contribution is -2.59. The molecule has 2 heterocycles. The van der Waals surface area contributed by atoms with Crippen LogP contribution in [0.4, 0.5) is 5.82 Å². The van der Waals surface area contributed by atoms with E-state index in [1.54, 1.807) is 0 Å². The normalized spacial score (nSPS) is 48.4. The Hall–Kier alpha value is -1.66. The molecule has 1 aliphatic heterocycles. The van der Waals surface area contributed by atoms with Crippen LogP contribution in [-0.4, -0.2) is 65.8 Å². The Morgan fingerprint density at radius 1 is 1.07 bits per heavy atom. The zero-order chi connectivity index (χ0) is 19.3. The summed E-state index contributed by atoms with van der Waals surface area (Å²) in [7, 11) is 0. The fourth-order valence-electron chi connectivity index (χ4n) is 9.14. The van der Waals surface area contributed by atoms with Crippen LogP contribution in [0.2, 0.25) is 0 Å². The van der Waals surface area contributed by atoms with Crippen molar-refractivity contribution in [3.8, 4) is 0 Å². The monoisotopic (exact) mass is 394 g/mol. The summed E-state index contributed by atoms with van der Waals surface area (Å²) < 4.78 is 0. The number of anilines is 1. The second-order valence-electron chi connectivity index (χ2n) is 10.6. The van der Waals surface area contributed by atoms with Gasteiger partial charge in [0.2, 0.25) is 5.91 Å². The maximum Gasteiger partial charge on any atom is 0.234 e. The molecule has 0 radical (unpaired) electrons. The predicted octanol–water partition coefficient (Wildman–Crippen LogP) is 0.829. The molecule has 6 fully saturated rings. The first-order valence-corrected chi connectivity index (χ1v) is 11.5. The van der Waals surface area contributed by atoms with Gasteiger partial charge in [-0.3, -0.25) is 9.69 Å². The molecule has 0 aromatic carbocycles. The average Bonchev–Trinajstić information content (AvgIpc) is 3.27. The highest BCUT2D eigenvalue weighted by molar-refractivity contribution is 5.78. The van der Waals surface area contributed by atoms with Crippen LogP contribution < -0.4 is 10.2 Å². The van der Waals surface area contributed by atoms with Crippen molar-refractivity contribution in [1.82, 2.24) is 15.2 Å². The molecule has 9 unspecified atom stereocenters. The smallest absolute Gasteiger partial charge is 0.234 e. The van der Waals surface area contributed by atoms with Crippen molar-refractivity contribution in [3.63, 3.8) is 0 Å². The molecule has 29 heavy (non-hydrogen) atoms. The summed E-state index contributed by atoms with van der Waals surface area (Å²) in [6.07, 6.45) is 4.57. The Kier molecular flexibility index (Phi) is 3.37. The number of fused-ring (bicyclic) bond motifs is 2. The minimum atomic E-state index is -0.613. The molecule has 1 amide bonds. The van der Waals surface area contributed by atoms with Crippen molar-refractivity contribution in [2.24, 2.45) is 47.3 Å². The van der Waals surface area contributed by atoms with Crippen LogP contribution in [0.15, 0.2) is 24.4 Å². The first-order chi connectivity index (χ1) is 14.1. The summed E-state index contributed by atoms with van der Waals surface area (Å²) in [4.78, 5) is 21.6. The summed E-state index contributed by atoms with van der Waals surface area (Å²) in [5, 5.41) is 14.8. The van der Waals surface area contributed by atoms with Gasteiger partial charge in [-0.2, -0.15) is 0 Å². The van der Waals surface area contributed by atoms with Crippen LogP contribution in [0.5, 0.6) is 0 Å². The highest BCUT2D eigenvalue weighted by Gasteiger charge is 2.84. The molecule has 6 nitrogen and oxygen atoms in total. The first kappa shape index (κ1) is 17.1. The van der Waals surface area contributed by atoms with Gasteiger partial charge in [0.05, 0.1) is 12.1 Å². The lowest BCUT2D eigenvalue weighted by Gasteiger charge is -2.51. The summed E-state index contributed by atoms with van der Waals surface area (Å²) in [6.45, 7) is 4.46. The predicted molar refractivity (Wildman–Crippen MR) is 108 cm³/mol. The van der Waals surface area contributed by atoms with E-state index in [2.05, 4.69) is 20.1 Å². The minimum Gasteiger partial charge on any atom is -0.387 e. The molecule has 5 aliphatic carbocycles. The van der Waals surface area contributed by atoms with E-state index in [9.17, 15) is 9.90 Å². The number of nitrogens with one attached hydrogen (secondary N) is 1. The SMILES string of the molecule is O=C(CN1CCN(c2ccccn2)CC1)NCC1(O)C2C3CC4C5C3CC2C5C41. The van der Waals surface area contributed by atoms with Crippen molar-refractivity contribution in [3.05, 3.63) is 24.4 Å². The van der Waals surface area contributed by atoms with E-state index in [1.807, 2.05) is 24.4 Å². The van der Waals surface area contributed by atoms with Gasteiger partial charge in [-0.25, -0.2) is 4.98 Å². The molecule has 6 aliphatic rings. The maximum atomic E-state index is 12.7. The summed E-state index contributed by atoms with van der Waals surface area (Å²) in [6, 6.07) is 6.00. The van der Waals surface area contributed by atoms with Crippen molar-refractivity contribution < 1.29 is 9.90 Å². The highest BCUT2D eigenvalue weighted by atomic mass is 16.3. The number of amides is 1. The quantitative estimate of drug-likeness (QED) is 0.774. The van der Waals surface area contributed by atoms with Gasteiger partial charge in [0, 0.05) is 38.9 Å². The van der Waals surface area contributed by atoms with Gasteiger partial charge in [0.15, 0.2) is 0 Å². The molecule has 0 spiro atoms. The van der Waals surface area contributed by atoms with Gasteiger partial charge in [-0.1, -0.05) is 6.07 Å². The Bertz CT molecular complexity index is 835. The standard InChI is InChI=1S/C23H30N4O2/c28-18(11-26-5-7-27(8-6-26)17-3-1-2-4-24-17)25-12-23(29)21-14-10-15-19-13(14)9-16(21)20(19)22(15)23/h1-4,13-16,19-22,29H,5-12H2,(H,25,28). The third-order valence-corrected chi connectivity index (χ3v) is 9.80. The molecular formula is C23H30N4O2. The molecule has 1 saturated heterocycles. The Morgan fingerprint density at radius 3 is 2.66 bits per heavy atom. The molecule has 5 saturated carbocycles. The number of hydrogen-bond donors (Lipinski definition) is 2. The molecule has 7 rings (SSSR count). The Morgan fingerprint density at radius 2 is 1.86 bits per heavy atom. The third kappa shape index (κ3) is 2.09. The maximum absolute atomic E-state index is 12.7. The Labute approximate surface area is 171 Å². The van der Waals surface area contributed by atoms with E-state index >= 15 is 0 Å². The number of carbonyl (C=O) groups excluding carboxylic acids is 1. The van der Waals surface area contributed by atoms with E-state index < -0.39 is 5.60 Å². The van der Waals surface area contributed by atoms with E-state index in [0.717, 1.165) is 67.5 Å². The average molecular weight is 395 g/mol. The summed E-state index contributed by atoms with van der Waals surface area (Å²) >= 11 is 0. The van der Waals surface area contributed by atoms with Crippen LogP contribution in [0, 0.1) is 47.3 Å². The lowest BCUT2D eigenvalue weighted by molar-refractivity contribution is -0.138. The summed E-state index contributed by atoms with van der Waals surface area (Å²) in [5.74, 6) is 6.96. The zero-order valence-electron chi connectivity index (χ0n) is 16.8. The van der Waals surface area contributed by atoms with Gasteiger partial charge < -0.3 is 15.3 Å². The number of aromatic nitrogens is 1. The molecular weight excluding hydrogens is 364 g/mol. The topological polar surface area (TPSA) is 68.7 Å². The second-order valence-corrected chi connectivity index (χ2v) is 10.6. The van der Waals surface area contributed by atoms with E-state index in [1.165, 1.54) is 12.8 Å². The van der Waals surface area contributed by atoms with Crippen LogP contribution in [0.25, 0.3) is 0 Å². The molecule has 154 valence electrons. The van der Waals surface area contributed by atoms with Gasteiger partial charge in [-0.05, 0) is 72.3 Å². The largest absolute Gasteiger partial charge is 0.387 e. The minimum absolute atomic E-state index is 0.0723. The fraction of sp³-hybridized carbons (Fsp3) is 0.739. The van der Waals surface area contributed by atoms with Gasteiger partial charge in [0.1, 0.15) is 5.82 Å². The fourth-order valence-corrected chi connectivity index (χ4v) is 9.14. The lowest BCUT2D eigenvalue weighted by atomic mass is 9.56. The number of rotatable bonds is 5. The third-order valence-electron chi connectivity index (χ3n) is 9.80. The van der Waals surface area contributed by atoms with Gasteiger partial charge in [-0.15, -0.1) is 0 Å². The van der Waals surface area contributed by atoms with Crippen LogP contribution >= 0.6 is 0 Å². The van der Waals surface area contributed by atoms with Crippen molar-refractivity contribution in [2.45, 2.75) is 18.4 Å². The molecule has 6 heteroatoms. The van der Waals surface area contributed by atoms with Crippen molar-refractivity contribution in [1.29, 1.82) is 0 Å². The van der Waals surface area contributed by atoms with Crippen molar-refractivity contribution >= 4 is 11.7 Å². The molecule has 2 bridgehead atoms. The number of aliphatic hydroxyl groups is 1. The number of pyridine rings is 1. The zero-order valence-corrected chi connectivity index (χ0v) is 16.8. The highest BCUT2D eigenvalue weighted by Crippen LogP contribution is 2.85.